The molecule has 0 saturated heterocycles. The van der Waals surface area contributed by atoms with Gasteiger partial charge >= 0.3 is 0 Å². The largest absolute Gasteiger partial charge is 0.493 e. The topological polar surface area (TPSA) is 69.0 Å². The molecule has 0 amide bonds. The van der Waals surface area contributed by atoms with Gasteiger partial charge in [0.1, 0.15) is 11.6 Å². The van der Waals surface area contributed by atoms with Crippen LogP contribution < -0.4 is 9.64 Å². The third kappa shape index (κ3) is 4.09. The number of aryl methyl sites for hydroxylation is 3. The number of likely N-dealkylation sites (N-methyl/N-ethyl adjacent to an activating group) is 1. The quantitative estimate of drug-likeness (QED) is 0.573. The molecule has 1 aliphatic rings. The predicted octanol–water partition coefficient (Wildman–Crippen LogP) is 3.50. The summed E-state index contributed by atoms with van der Waals surface area (Å²) in [6.07, 6.45) is 6.31. The fourth-order valence-electron chi connectivity index (χ4n) is 4.13. The summed E-state index contributed by atoms with van der Waals surface area (Å²) >= 11 is 0. The van der Waals surface area contributed by atoms with Crippen LogP contribution in [0.3, 0.4) is 0 Å². The molecule has 0 fully saturated rings. The number of ether oxygens (including phenoxy) is 1. The van der Waals surface area contributed by atoms with Gasteiger partial charge < -0.3 is 9.64 Å². The molecule has 0 spiro atoms. The lowest BCUT2D eigenvalue weighted by atomic mass is 10.0. The molecule has 1 unspecified atom stereocenters. The third-order valence-electron chi connectivity index (χ3n) is 5.61. The average molecular weight is 393 g/mol. The van der Waals surface area contributed by atoms with Crippen LogP contribution in [0.15, 0.2) is 30.5 Å². The standard InChI is InChI=1S/C22H28N6O/c1-15-12-18(21-24-26-28(4)25-21)13-16(2)20(15)29-11-6-5-9-19-14-17-8-7-10-23-22(17)27(19)3/h7-8,10,12-13,19H,5-6,9,11,14H2,1-4H3. The van der Waals surface area contributed by atoms with Crippen LogP contribution in [0, 0.1) is 13.8 Å². The summed E-state index contributed by atoms with van der Waals surface area (Å²) in [6.45, 7) is 4.87. The second kappa shape index (κ2) is 8.19. The Labute approximate surface area is 171 Å². The lowest BCUT2D eigenvalue weighted by molar-refractivity contribution is 0.299. The van der Waals surface area contributed by atoms with E-state index in [1.807, 2.05) is 12.3 Å². The molecular weight excluding hydrogens is 364 g/mol. The third-order valence-corrected chi connectivity index (χ3v) is 5.61. The van der Waals surface area contributed by atoms with Gasteiger partial charge in [0.2, 0.25) is 5.82 Å². The molecule has 0 bridgehead atoms. The van der Waals surface area contributed by atoms with Gasteiger partial charge in [-0.05, 0) is 79.6 Å². The van der Waals surface area contributed by atoms with E-state index in [1.54, 1.807) is 7.05 Å². The van der Waals surface area contributed by atoms with Gasteiger partial charge in [-0.15, -0.1) is 10.2 Å². The first-order valence-electron chi connectivity index (χ1n) is 10.2. The zero-order chi connectivity index (χ0) is 20.4. The SMILES string of the molecule is Cc1cc(-c2nnn(C)n2)cc(C)c1OCCCCC1Cc2cccnc2N1C. The van der Waals surface area contributed by atoms with E-state index < -0.39 is 0 Å². The molecule has 29 heavy (non-hydrogen) atoms. The molecule has 4 rings (SSSR count). The van der Waals surface area contributed by atoms with Crippen LogP contribution in [0.1, 0.15) is 36.0 Å². The molecule has 7 heteroatoms. The lowest BCUT2D eigenvalue weighted by Crippen LogP contribution is -2.28. The Morgan fingerprint density at radius 2 is 1.93 bits per heavy atom. The zero-order valence-corrected chi connectivity index (χ0v) is 17.6. The molecule has 7 nitrogen and oxygen atoms in total. The van der Waals surface area contributed by atoms with Crippen LogP contribution >= 0.6 is 0 Å². The fraction of sp³-hybridized carbons (Fsp3) is 0.455. The molecule has 152 valence electrons. The number of tetrazole rings is 1. The van der Waals surface area contributed by atoms with E-state index in [9.17, 15) is 0 Å². The Bertz CT molecular complexity index is 975. The number of hydrogen-bond donors (Lipinski definition) is 0. The van der Waals surface area contributed by atoms with Crippen molar-refractivity contribution in [2.75, 3.05) is 18.6 Å². The number of nitrogens with zero attached hydrogens (tertiary/aromatic N) is 6. The van der Waals surface area contributed by atoms with Gasteiger partial charge in [0.05, 0.1) is 13.7 Å². The number of fused-ring (bicyclic) bond motifs is 1. The zero-order valence-electron chi connectivity index (χ0n) is 17.6. The van der Waals surface area contributed by atoms with E-state index in [0.717, 1.165) is 60.5 Å². The Hall–Kier alpha value is -2.96. The highest BCUT2D eigenvalue weighted by molar-refractivity contribution is 5.60. The highest BCUT2D eigenvalue weighted by Crippen LogP contribution is 2.31. The monoisotopic (exact) mass is 392 g/mol. The molecule has 0 radical (unpaired) electrons. The summed E-state index contributed by atoms with van der Waals surface area (Å²) in [5.41, 5.74) is 4.53. The van der Waals surface area contributed by atoms with Crippen LogP contribution in [-0.4, -0.2) is 44.9 Å². The Morgan fingerprint density at radius 1 is 1.14 bits per heavy atom. The van der Waals surface area contributed by atoms with E-state index in [-0.39, 0.29) is 0 Å². The van der Waals surface area contributed by atoms with Gasteiger partial charge in [-0.1, -0.05) is 6.07 Å². The van der Waals surface area contributed by atoms with Crippen LogP contribution in [0.25, 0.3) is 11.4 Å². The minimum absolute atomic E-state index is 0.544. The van der Waals surface area contributed by atoms with Crippen molar-refractivity contribution in [3.8, 4) is 17.1 Å². The maximum Gasteiger partial charge on any atom is 0.204 e. The molecule has 2 aromatic heterocycles. The summed E-state index contributed by atoms with van der Waals surface area (Å²) in [6, 6.07) is 8.89. The van der Waals surface area contributed by atoms with Gasteiger partial charge in [-0.3, -0.25) is 0 Å². The van der Waals surface area contributed by atoms with Crippen molar-refractivity contribution in [2.24, 2.45) is 7.05 Å². The second-order valence-electron chi connectivity index (χ2n) is 7.84. The van der Waals surface area contributed by atoms with Crippen molar-refractivity contribution in [1.82, 2.24) is 25.2 Å². The highest BCUT2D eigenvalue weighted by atomic mass is 16.5. The molecule has 1 atom stereocenters. The van der Waals surface area contributed by atoms with E-state index in [4.69, 9.17) is 4.74 Å². The maximum absolute atomic E-state index is 6.13. The summed E-state index contributed by atoms with van der Waals surface area (Å²) < 4.78 is 6.13. The predicted molar refractivity (Wildman–Crippen MR) is 113 cm³/mol. The average Bonchev–Trinajstić information content (AvgIpc) is 3.27. The van der Waals surface area contributed by atoms with E-state index in [0.29, 0.717) is 11.9 Å². The van der Waals surface area contributed by atoms with Crippen molar-refractivity contribution < 1.29 is 4.74 Å². The summed E-state index contributed by atoms with van der Waals surface area (Å²) in [4.78, 5) is 8.31. The summed E-state index contributed by atoms with van der Waals surface area (Å²) in [7, 11) is 3.92. The molecule has 1 aromatic carbocycles. The van der Waals surface area contributed by atoms with Gasteiger partial charge in [0, 0.05) is 24.8 Å². The molecule has 0 aliphatic carbocycles. The maximum atomic E-state index is 6.13. The number of hydrogen-bond acceptors (Lipinski definition) is 6. The van der Waals surface area contributed by atoms with Gasteiger partial charge in [-0.2, -0.15) is 4.80 Å². The number of aromatic nitrogens is 5. The molecule has 3 aromatic rings. The molecule has 0 N–H and O–H groups in total. The fourth-order valence-corrected chi connectivity index (χ4v) is 4.13. The van der Waals surface area contributed by atoms with E-state index >= 15 is 0 Å². The van der Waals surface area contributed by atoms with E-state index in [2.05, 4.69) is 64.4 Å². The molecule has 0 saturated carbocycles. The molecule has 3 heterocycles. The number of rotatable bonds is 7. The van der Waals surface area contributed by atoms with Crippen molar-refractivity contribution >= 4 is 5.82 Å². The number of pyridine rings is 1. The first kappa shape index (κ1) is 19.4. The first-order chi connectivity index (χ1) is 14.0. The van der Waals surface area contributed by atoms with Crippen molar-refractivity contribution in [3.05, 3.63) is 47.2 Å². The number of unbranched alkanes of at least 4 members (excludes halogenated alkanes) is 1. The van der Waals surface area contributed by atoms with Crippen LogP contribution in [-0.2, 0) is 13.5 Å². The van der Waals surface area contributed by atoms with Crippen LogP contribution in [0.5, 0.6) is 5.75 Å². The van der Waals surface area contributed by atoms with Crippen molar-refractivity contribution in [3.63, 3.8) is 0 Å². The van der Waals surface area contributed by atoms with E-state index in [1.165, 1.54) is 10.4 Å². The Morgan fingerprint density at radius 3 is 2.62 bits per heavy atom. The summed E-state index contributed by atoms with van der Waals surface area (Å²) in [5.74, 6) is 2.74. The minimum atomic E-state index is 0.544. The molecule has 1 aliphatic heterocycles. The number of anilines is 1. The van der Waals surface area contributed by atoms with Gasteiger partial charge in [0.25, 0.3) is 0 Å². The van der Waals surface area contributed by atoms with Gasteiger partial charge in [0.15, 0.2) is 0 Å². The van der Waals surface area contributed by atoms with Gasteiger partial charge in [-0.25, -0.2) is 4.98 Å². The summed E-state index contributed by atoms with van der Waals surface area (Å²) in [5, 5.41) is 12.3. The smallest absolute Gasteiger partial charge is 0.204 e. The van der Waals surface area contributed by atoms with Crippen LogP contribution in [0.4, 0.5) is 5.82 Å². The van der Waals surface area contributed by atoms with Crippen LogP contribution in [0.2, 0.25) is 0 Å². The van der Waals surface area contributed by atoms with Crippen molar-refractivity contribution in [2.45, 2.75) is 45.6 Å². The lowest BCUT2D eigenvalue weighted by Gasteiger charge is -2.21. The molecular formula is C22H28N6O. The minimum Gasteiger partial charge on any atom is -0.493 e. The normalized spacial score (nSPS) is 15.6. The Balaban J connectivity index is 1.28. The highest BCUT2D eigenvalue weighted by Gasteiger charge is 2.26. The Kier molecular flexibility index (Phi) is 5.47. The first-order valence-corrected chi connectivity index (χ1v) is 10.2. The number of benzene rings is 1. The second-order valence-corrected chi connectivity index (χ2v) is 7.84. The van der Waals surface area contributed by atoms with Crippen molar-refractivity contribution in [1.29, 1.82) is 0 Å².